The van der Waals surface area contributed by atoms with E-state index in [4.69, 9.17) is 28.4 Å². The number of amides is 6. The number of carbonyl (C=O) groups is 6. The number of hydrogen-bond acceptors (Lipinski definition) is 13. The number of nitrogens with zero attached hydrogens (tertiary/aromatic N) is 4. The highest BCUT2D eigenvalue weighted by Gasteiger charge is 2.51. The van der Waals surface area contributed by atoms with Crippen LogP contribution in [0.15, 0.2) is 36.4 Å². The summed E-state index contributed by atoms with van der Waals surface area (Å²) in [6, 6.07) is 2.92. The van der Waals surface area contributed by atoms with Crippen LogP contribution in [0.2, 0.25) is 0 Å². The van der Waals surface area contributed by atoms with E-state index in [1.165, 1.54) is 12.0 Å². The van der Waals surface area contributed by atoms with E-state index >= 15 is 0 Å². The lowest BCUT2D eigenvalue weighted by Gasteiger charge is -2.46. The van der Waals surface area contributed by atoms with Crippen molar-refractivity contribution < 1.29 is 79.9 Å². The SMILES string of the molecule is CC(C)[C@H]1COC(=O)N1C(=O)[C@@H](Cc1cc(F)cc(F)c1)[C@H](O)[C@H]1CCC[C@H](C)N1C(=O)OC(C)(C)C.COCO[C@@H]([C@H](Cc1cc(F)cc(F)c1)C(=O)N1C(=O)OC[C@@H]1C(C)C)[C@H]1CCC[C@H](C)N1C(=O)OC(C)(C)C. The molecule has 4 aliphatic heterocycles. The van der Waals surface area contributed by atoms with Crippen molar-refractivity contribution in [3.05, 3.63) is 70.8 Å². The minimum atomic E-state index is -1.43. The van der Waals surface area contributed by atoms with E-state index in [0.717, 1.165) is 52.6 Å². The number of imide groups is 2. The molecule has 0 saturated carbocycles. The number of halogens is 4. The lowest BCUT2D eigenvalue weighted by molar-refractivity contribution is -0.156. The molecule has 0 aromatic heterocycles. The second-order valence-corrected chi connectivity index (χ2v) is 23.4. The first-order valence-electron chi connectivity index (χ1n) is 26.6. The van der Waals surface area contributed by atoms with Gasteiger partial charge in [0, 0.05) is 31.3 Å². The van der Waals surface area contributed by atoms with Gasteiger partial charge in [0.1, 0.15) is 54.5 Å². The normalized spacial score (nSPS) is 23.7. The molecular weight excluding hydrogens is 1010 g/mol. The summed E-state index contributed by atoms with van der Waals surface area (Å²) in [5, 5.41) is 11.7. The zero-order valence-electron chi connectivity index (χ0n) is 46.8. The van der Waals surface area contributed by atoms with Gasteiger partial charge in [0.2, 0.25) is 11.8 Å². The summed E-state index contributed by atoms with van der Waals surface area (Å²) in [6.45, 7) is 21.5. The molecule has 2 aromatic carbocycles. The average Bonchev–Trinajstić information content (AvgIpc) is 3.92. The fraction of sp³-hybridized carbons (Fsp3) is 0.679. The average molecular weight is 1090 g/mol. The Morgan fingerprint density at radius 2 is 0.987 bits per heavy atom. The van der Waals surface area contributed by atoms with Gasteiger partial charge in [-0.25, -0.2) is 46.5 Å². The van der Waals surface area contributed by atoms with Gasteiger partial charge >= 0.3 is 24.4 Å². The molecular formula is C56H80F4N4O13. The van der Waals surface area contributed by atoms with Crippen LogP contribution < -0.4 is 0 Å². The van der Waals surface area contributed by atoms with E-state index in [9.17, 15) is 51.4 Å². The zero-order valence-corrected chi connectivity index (χ0v) is 46.8. The predicted octanol–water partition coefficient (Wildman–Crippen LogP) is 9.96. The summed E-state index contributed by atoms with van der Waals surface area (Å²) >= 11 is 0. The summed E-state index contributed by atoms with van der Waals surface area (Å²) < 4.78 is 89.4. The highest BCUT2D eigenvalue weighted by atomic mass is 19.1. The molecule has 0 bridgehead atoms. The lowest BCUT2D eigenvalue weighted by atomic mass is 9.83. The molecule has 0 radical (unpaired) electrons. The molecule has 1 N–H and O–H groups in total. The number of aliphatic hydroxyl groups is 1. The molecule has 4 heterocycles. The summed E-state index contributed by atoms with van der Waals surface area (Å²) in [6.07, 6.45) is -1.89. The molecule has 0 spiro atoms. The van der Waals surface area contributed by atoms with Crippen LogP contribution in [0.4, 0.5) is 36.7 Å². The van der Waals surface area contributed by atoms with Gasteiger partial charge in [-0.2, -0.15) is 0 Å². The second kappa shape index (κ2) is 26.4. The Kier molecular flexibility index (Phi) is 21.4. The van der Waals surface area contributed by atoms with Gasteiger partial charge in [0.25, 0.3) is 0 Å². The number of piperidine rings is 2. The van der Waals surface area contributed by atoms with Gasteiger partial charge in [-0.1, -0.05) is 27.7 Å². The third-order valence-corrected chi connectivity index (χ3v) is 14.3. The first kappa shape index (κ1) is 62.3. The van der Waals surface area contributed by atoms with E-state index in [2.05, 4.69) is 0 Å². The second-order valence-electron chi connectivity index (χ2n) is 23.4. The van der Waals surface area contributed by atoms with Gasteiger partial charge < -0.3 is 33.5 Å². The number of hydrogen-bond donors (Lipinski definition) is 1. The third-order valence-electron chi connectivity index (χ3n) is 14.3. The summed E-state index contributed by atoms with van der Waals surface area (Å²) in [4.78, 5) is 85.2. The van der Waals surface area contributed by atoms with Crippen molar-refractivity contribution in [1.82, 2.24) is 19.6 Å². The highest BCUT2D eigenvalue weighted by molar-refractivity contribution is 5.96. The van der Waals surface area contributed by atoms with Crippen LogP contribution in [0.5, 0.6) is 0 Å². The molecule has 6 rings (SSSR count). The van der Waals surface area contributed by atoms with Crippen LogP contribution in [0.1, 0.15) is 133 Å². The minimum Gasteiger partial charge on any atom is -0.447 e. The number of carbonyl (C=O) groups excluding carboxylic acids is 6. The van der Waals surface area contributed by atoms with Crippen molar-refractivity contribution >= 4 is 36.2 Å². The number of aliphatic hydroxyl groups excluding tert-OH is 1. The predicted molar refractivity (Wildman–Crippen MR) is 274 cm³/mol. The van der Waals surface area contributed by atoms with E-state index < -0.39 is 119 Å². The van der Waals surface area contributed by atoms with Crippen molar-refractivity contribution in [2.24, 2.45) is 23.7 Å². The van der Waals surface area contributed by atoms with Crippen LogP contribution in [0, 0.1) is 46.9 Å². The zero-order chi connectivity index (χ0) is 57.4. The molecule has 10 atom stereocenters. The maximum Gasteiger partial charge on any atom is 0.416 e. The van der Waals surface area contributed by atoms with E-state index in [1.54, 1.807) is 46.4 Å². The Bertz CT molecular complexity index is 2360. The monoisotopic (exact) mass is 1090 g/mol. The molecule has 2 aromatic rings. The van der Waals surface area contributed by atoms with Crippen LogP contribution in [0.3, 0.4) is 0 Å². The number of cyclic esters (lactones) is 2. The van der Waals surface area contributed by atoms with Crippen molar-refractivity contribution in [2.45, 2.75) is 194 Å². The van der Waals surface area contributed by atoms with E-state index in [1.807, 2.05) is 41.5 Å². The molecule has 0 aliphatic carbocycles. The standard InChI is InChI=1S/C29H42F2N2O7.C27H38F2N2O6/c1-17(2)24-15-38-27(35)33(24)26(34)22(13-19-11-20(30)14-21(31)12-19)25(39-16-37-7)23-10-8-9-18(3)32(23)28(36)40-29(4,5)6;1-15(2)22-14-36-25(34)31(22)24(33)20(12-17-10-18(28)13-19(29)11-17)23(32)21-9-7-8-16(3)30(21)26(35)37-27(4,5)6/h11-12,14,17-18,22-25H,8-10,13,15-16H2,1-7H3;10-11,13,15-16,20-23,32H,7-9,12,14H2,1-6H3/t18-,22-,23+,24+,25-;16-,20-,21+,22+,23-/m00/s1. The highest BCUT2D eigenvalue weighted by Crippen LogP contribution is 2.37. The van der Waals surface area contributed by atoms with Crippen LogP contribution >= 0.6 is 0 Å². The Morgan fingerprint density at radius 3 is 1.38 bits per heavy atom. The van der Waals surface area contributed by atoms with Gasteiger partial charge in [-0.15, -0.1) is 0 Å². The fourth-order valence-corrected chi connectivity index (χ4v) is 10.7. The lowest BCUT2D eigenvalue weighted by Crippen LogP contribution is -2.60. The molecule has 17 nitrogen and oxygen atoms in total. The maximum absolute atomic E-state index is 14.3. The smallest absolute Gasteiger partial charge is 0.416 e. The van der Waals surface area contributed by atoms with Crippen molar-refractivity contribution in [3.8, 4) is 0 Å². The Balaban J connectivity index is 0.000000285. The Morgan fingerprint density at radius 1 is 0.610 bits per heavy atom. The van der Waals surface area contributed by atoms with E-state index in [0.29, 0.717) is 32.1 Å². The number of benzene rings is 2. The number of methoxy groups -OCH3 is 1. The molecule has 4 aliphatic rings. The first-order chi connectivity index (χ1) is 35.9. The van der Waals surface area contributed by atoms with Gasteiger partial charge in [0.15, 0.2) is 0 Å². The minimum absolute atomic E-state index is 0.0180. The number of likely N-dealkylation sites (tertiary alicyclic amines) is 2. The van der Waals surface area contributed by atoms with Gasteiger partial charge in [0.05, 0.1) is 48.2 Å². The molecule has 21 heteroatoms. The van der Waals surface area contributed by atoms with E-state index in [-0.39, 0.29) is 67.9 Å². The van der Waals surface area contributed by atoms with Crippen molar-refractivity contribution in [1.29, 1.82) is 0 Å². The van der Waals surface area contributed by atoms with Crippen molar-refractivity contribution in [2.75, 3.05) is 27.1 Å². The summed E-state index contributed by atoms with van der Waals surface area (Å²) in [5.74, 6) is -7.14. The quantitative estimate of drug-likeness (QED) is 0.101. The summed E-state index contributed by atoms with van der Waals surface area (Å²) in [7, 11) is 1.43. The largest absolute Gasteiger partial charge is 0.447 e. The van der Waals surface area contributed by atoms with Crippen LogP contribution in [-0.2, 0) is 50.9 Å². The molecule has 6 amide bonds. The first-order valence-corrected chi connectivity index (χ1v) is 26.6. The molecule has 0 unspecified atom stereocenters. The summed E-state index contributed by atoms with van der Waals surface area (Å²) in [5.41, 5.74) is -1.18. The fourth-order valence-electron chi connectivity index (χ4n) is 10.7. The molecule has 4 fully saturated rings. The Labute approximate surface area is 450 Å². The molecule has 4 saturated heterocycles. The Hall–Kier alpha value is -5.54. The van der Waals surface area contributed by atoms with Crippen LogP contribution in [-0.4, -0.2) is 148 Å². The van der Waals surface area contributed by atoms with Crippen LogP contribution in [0.25, 0.3) is 0 Å². The number of ether oxygens (including phenoxy) is 6. The van der Waals surface area contributed by atoms with Crippen molar-refractivity contribution in [3.63, 3.8) is 0 Å². The number of rotatable bonds is 15. The maximum atomic E-state index is 14.3. The topological polar surface area (TPSA) is 191 Å². The third kappa shape index (κ3) is 16.3. The molecule has 430 valence electrons. The molecule has 77 heavy (non-hydrogen) atoms. The van der Waals surface area contributed by atoms with Gasteiger partial charge in [-0.05, 0) is 154 Å². The van der Waals surface area contributed by atoms with Gasteiger partial charge in [-0.3, -0.25) is 19.4 Å².